The van der Waals surface area contributed by atoms with Gasteiger partial charge >= 0.3 is 5.97 Å². The van der Waals surface area contributed by atoms with Crippen LogP contribution in [0.25, 0.3) is 0 Å². The van der Waals surface area contributed by atoms with Gasteiger partial charge in [-0.3, -0.25) is 0 Å². The lowest BCUT2D eigenvalue weighted by Crippen LogP contribution is -2.40. The predicted octanol–water partition coefficient (Wildman–Crippen LogP) is 1.32. The molecule has 18 heavy (non-hydrogen) atoms. The first-order valence-electron chi connectivity index (χ1n) is 6.06. The van der Waals surface area contributed by atoms with Crippen molar-refractivity contribution in [1.82, 2.24) is 0 Å². The Bertz CT molecular complexity index is 448. The van der Waals surface area contributed by atoms with Gasteiger partial charge in [-0.1, -0.05) is 0 Å². The van der Waals surface area contributed by atoms with Crippen molar-refractivity contribution in [1.29, 1.82) is 0 Å². The summed E-state index contributed by atoms with van der Waals surface area (Å²) in [6.45, 7) is 1.28. The summed E-state index contributed by atoms with van der Waals surface area (Å²) in [4.78, 5) is 13.1. The highest BCUT2D eigenvalue weighted by Crippen LogP contribution is 2.34. The number of carboxylic acids is 1. The van der Waals surface area contributed by atoms with Gasteiger partial charge < -0.3 is 20.5 Å². The van der Waals surface area contributed by atoms with E-state index in [1.807, 2.05) is 7.05 Å². The molecular weight excluding hydrogens is 232 g/mol. The van der Waals surface area contributed by atoms with E-state index in [9.17, 15) is 4.79 Å². The minimum atomic E-state index is -0.921. The summed E-state index contributed by atoms with van der Waals surface area (Å²) in [6.07, 6.45) is 1.88. The molecule has 1 atom stereocenters. The van der Waals surface area contributed by atoms with E-state index < -0.39 is 5.97 Å². The van der Waals surface area contributed by atoms with Crippen LogP contribution in [0.15, 0.2) is 18.2 Å². The maximum atomic E-state index is 11.0. The molecule has 0 amide bonds. The van der Waals surface area contributed by atoms with Gasteiger partial charge in [0.05, 0.1) is 17.3 Å². The molecule has 5 nitrogen and oxygen atoms in total. The molecule has 0 saturated carbocycles. The van der Waals surface area contributed by atoms with Gasteiger partial charge in [0.25, 0.3) is 0 Å². The number of fused-ring (bicyclic) bond motifs is 1. The number of anilines is 1. The third-order valence-electron chi connectivity index (χ3n) is 3.31. The Hall–Kier alpha value is -1.75. The molecule has 0 bridgehead atoms. The van der Waals surface area contributed by atoms with Crippen molar-refractivity contribution in [2.75, 3.05) is 25.1 Å². The second-order valence-electron chi connectivity index (χ2n) is 4.49. The highest BCUT2D eigenvalue weighted by atomic mass is 16.5. The highest BCUT2D eigenvalue weighted by molar-refractivity contribution is 5.89. The summed E-state index contributed by atoms with van der Waals surface area (Å²) >= 11 is 0. The second-order valence-corrected chi connectivity index (χ2v) is 4.49. The first kappa shape index (κ1) is 12.7. The fourth-order valence-corrected chi connectivity index (χ4v) is 2.17. The molecule has 0 fully saturated rings. The number of ether oxygens (including phenoxy) is 1. The molecule has 0 aliphatic carbocycles. The van der Waals surface area contributed by atoms with Crippen LogP contribution in [0.1, 0.15) is 23.2 Å². The Morgan fingerprint density at radius 2 is 2.39 bits per heavy atom. The van der Waals surface area contributed by atoms with E-state index in [1.165, 1.54) is 0 Å². The minimum Gasteiger partial charge on any atom is -0.489 e. The summed E-state index contributed by atoms with van der Waals surface area (Å²) < 4.78 is 5.66. The molecule has 2 rings (SSSR count). The zero-order valence-electron chi connectivity index (χ0n) is 10.4. The van der Waals surface area contributed by atoms with Gasteiger partial charge in [0, 0.05) is 7.05 Å². The van der Waals surface area contributed by atoms with Crippen LogP contribution in [0, 0.1) is 0 Å². The molecule has 0 saturated heterocycles. The monoisotopic (exact) mass is 250 g/mol. The number of benzene rings is 1. The molecule has 0 aromatic heterocycles. The predicted molar refractivity (Wildman–Crippen MR) is 69.4 cm³/mol. The quantitative estimate of drug-likeness (QED) is 0.843. The average Bonchev–Trinajstić information content (AvgIpc) is 2.37. The van der Waals surface area contributed by atoms with Gasteiger partial charge in [-0.05, 0) is 37.6 Å². The Balaban J connectivity index is 2.23. The molecule has 5 heteroatoms. The maximum Gasteiger partial charge on any atom is 0.335 e. The van der Waals surface area contributed by atoms with Crippen molar-refractivity contribution in [3.63, 3.8) is 0 Å². The number of likely N-dealkylation sites (N-methyl/N-ethyl adjacent to an activating group) is 1. The number of hydrogen-bond donors (Lipinski definition) is 2. The first-order valence-corrected chi connectivity index (χ1v) is 6.06. The Morgan fingerprint density at radius 3 is 3.06 bits per heavy atom. The van der Waals surface area contributed by atoms with Crippen molar-refractivity contribution < 1.29 is 14.6 Å². The Kier molecular flexibility index (Phi) is 3.72. The topological polar surface area (TPSA) is 75.8 Å². The van der Waals surface area contributed by atoms with E-state index in [1.54, 1.807) is 18.2 Å². The molecule has 3 N–H and O–H groups in total. The summed E-state index contributed by atoms with van der Waals surface area (Å²) in [7, 11) is 1.97. The Labute approximate surface area is 106 Å². The number of carboxylic acid groups (broad SMARTS) is 1. The van der Waals surface area contributed by atoms with Gasteiger partial charge in [0.1, 0.15) is 12.4 Å². The summed E-state index contributed by atoms with van der Waals surface area (Å²) in [6, 6.07) is 5.20. The van der Waals surface area contributed by atoms with Crippen LogP contribution in [0.3, 0.4) is 0 Å². The molecule has 1 aliphatic rings. The van der Waals surface area contributed by atoms with Crippen molar-refractivity contribution in [2.45, 2.75) is 18.9 Å². The third kappa shape index (κ3) is 2.41. The number of nitrogens with two attached hydrogens (primary N) is 1. The summed E-state index contributed by atoms with van der Waals surface area (Å²) in [5, 5.41) is 9.00. The molecular formula is C13H18N2O3. The average molecular weight is 250 g/mol. The SMILES string of the molecule is CN1c2cc(C(=O)O)ccc2OCC1CCCN. The largest absolute Gasteiger partial charge is 0.489 e. The first-order chi connectivity index (χ1) is 8.63. The molecule has 1 aromatic carbocycles. The number of nitrogens with zero attached hydrogens (tertiary/aromatic N) is 1. The summed E-state index contributed by atoms with van der Waals surface area (Å²) in [5.74, 6) is -0.179. The van der Waals surface area contributed by atoms with Crippen molar-refractivity contribution in [3.8, 4) is 5.75 Å². The summed E-state index contributed by atoms with van der Waals surface area (Å²) in [5.41, 5.74) is 6.63. The number of carbonyl (C=O) groups is 1. The van der Waals surface area contributed by atoms with E-state index in [0.29, 0.717) is 13.2 Å². The van der Waals surface area contributed by atoms with Gasteiger partial charge in [0.15, 0.2) is 0 Å². The fourth-order valence-electron chi connectivity index (χ4n) is 2.17. The maximum absolute atomic E-state index is 11.0. The number of aromatic carboxylic acids is 1. The molecule has 1 heterocycles. The molecule has 0 radical (unpaired) electrons. The van der Waals surface area contributed by atoms with Crippen molar-refractivity contribution in [2.24, 2.45) is 5.73 Å². The number of hydrogen-bond acceptors (Lipinski definition) is 4. The van der Waals surface area contributed by atoms with Crippen LogP contribution in [0.2, 0.25) is 0 Å². The standard InChI is InChI=1S/C13H18N2O3/c1-15-10(3-2-6-14)8-18-12-5-4-9(13(16)17)7-11(12)15/h4-5,7,10H,2-3,6,8,14H2,1H3,(H,16,17). The molecule has 1 aromatic rings. The van der Waals surface area contributed by atoms with Crippen LogP contribution in [-0.2, 0) is 0 Å². The van der Waals surface area contributed by atoms with Gasteiger partial charge in [-0.15, -0.1) is 0 Å². The van der Waals surface area contributed by atoms with Crippen LogP contribution in [0.4, 0.5) is 5.69 Å². The number of rotatable bonds is 4. The lowest BCUT2D eigenvalue weighted by atomic mass is 10.1. The van der Waals surface area contributed by atoms with E-state index in [0.717, 1.165) is 24.3 Å². The lowest BCUT2D eigenvalue weighted by Gasteiger charge is -2.36. The highest BCUT2D eigenvalue weighted by Gasteiger charge is 2.25. The molecule has 1 unspecified atom stereocenters. The van der Waals surface area contributed by atoms with Crippen molar-refractivity contribution >= 4 is 11.7 Å². The van der Waals surface area contributed by atoms with Gasteiger partial charge in [-0.25, -0.2) is 4.79 Å². The van der Waals surface area contributed by atoms with E-state index in [2.05, 4.69) is 4.90 Å². The Morgan fingerprint density at radius 1 is 1.61 bits per heavy atom. The van der Waals surface area contributed by atoms with Crippen LogP contribution in [-0.4, -0.2) is 37.3 Å². The lowest BCUT2D eigenvalue weighted by molar-refractivity contribution is 0.0697. The van der Waals surface area contributed by atoms with Crippen molar-refractivity contribution in [3.05, 3.63) is 23.8 Å². The zero-order chi connectivity index (χ0) is 13.1. The fraction of sp³-hybridized carbons (Fsp3) is 0.462. The molecule has 1 aliphatic heterocycles. The third-order valence-corrected chi connectivity index (χ3v) is 3.31. The molecule has 98 valence electrons. The minimum absolute atomic E-state index is 0.255. The van der Waals surface area contributed by atoms with E-state index in [-0.39, 0.29) is 11.6 Å². The zero-order valence-corrected chi connectivity index (χ0v) is 10.4. The van der Waals surface area contributed by atoms with Gasteiger partial charge in [0.2, 0.25) is 0 Å². The second kappa shape index (κ2) is 5.27. The van der Waals surface area contributed by atoms with Crippen LogP contribution in [0.5, 0.6) is 5.75 Å². The normalized spacial score (nSPS) is 18.1. The van der Waals surface area contributed by atoms with Crippen LogP contribution < -0.4 is 15.4 Å². The van der Waals surface area contributed by atoms with E-state index >= 15 is 0 Å². The van der Waals surface area contributed by atoms with Crippen LogP contribution >= 0.6 is 0 Å². The molecule has 0 spiro atoms. The smallest absolute Gasteiger partial charge is 0.335 e. The van der Waals surface area contributed by atoms with Gasteiger partial charge in [-0.2, -0.15) is 0 Å². The van der Waals surface area contributed by atoms with E-state index in [4.69, 9.17) is 15.6 Å².